The predicted molar refractivity (Wildman–Crippen MR) is 45.4 cm³/mol. The molecule has 72 valence electrons. The first-order valence-electron chi connectivity index (χ1n) is 3.59. The van der Waals surface area contributed by atoms with Crippen LogP contribution in [0, 0.1) is 6.92 Å². The van der Waals surface area contributed by atoms with Gasteiger partial charge in [0.15, 0.2) is 0 Å². The van der Waals surface area contributed by atoms with Crippen molar-refractivity contribution in [3.8, 4) is 0 Å². The number of hydrogen-bond donors (Lipinski definition) is 0. The van der Waals surface area contributed by atoms with Crippen molar-refractivity contribution in [3.05, 3.63) is 29.8 Å². The lowest BCUT2D eigenvalue weighted by Gasteiger charge is -2.04. The molecule has 1 rings (SSSR count). The first kappa shape index (κ1) is 10.1. The number of hydrogen-bond acceptors (Lipinski definition) is 3. The summed E-state index contributed by atoms with van der Waals surface area (Å²) in [5.41, 5.74) is 0.538. The Bertz CT molecular complexity index is 386. The van der Waals surface area contributed by atoms with Crippen LogP contribution in [0.5, 0.6) is 0 Å². The van der Waals surface area contributed by atoms with E-state index in [9.17, 15) is 12.8 Å². The van der Waals surface area contributed by atoms with Gasteiger partial charge in [-0.25, -0.2) is 8.57 Å². The molecule has 0 radical (unpaired) electrons. The summed E-state index contributed by atoms with van der Waals surface area (Å²) in [5, 5.41) is 0. The molecular formula is C8H9FO3S. The molecule has 0 aromatic heterocycles. The number of rotatable bonds is 3. The molecule has 0 unspecified atom stereocenters. The van der Waals surface area contributed by atoms with E-state index in [1.54, 1.807) is 25.1 Å². The van der Waals surface area contributed by atoms with E-state index in [1.165, 1.54) is 6.07 Å². The topological polar surface area (TPSA) is 43.4 Å². The van der Waals surface area contributed by atoms with Crippen LogP contribution in [0.15, 0.2) is 29.2 Å². The zero-order chi connectivity index (χ0) is 9.90. The summed E-state index contributed by atoms with van der Waals surface area (Å²) in [5.74, 6) is 0. The van der Waals surface area contributed by atoms with Crippen LogP contribution < -0.4 is 0 Å². The standard InChI is InChI=1S/C8H9FO3S/c1-7-4-2-3-5-8(7)13(10,11)12-6-9/h2-5H,6H2,1H3. The van der Waals surface area contributed by atoms with Gasteiger partial charge in [-0.2, -0.15) is 8.42 Å². The highest BCUT2D eigenvalue weighted by molar-refractivity contribution is 7.86. The van der Waals surface area contributed by atoms with Crippen molar-refractivity contribution in [1.82, 2.24) is 0 Å². The molecule has 0 saturated heterocycles. The SMILES string of the molecule is Cc1ccccc1S(=O)(=O)OCF. The van der Waals surface area contributed by atoms with Gasteiger partial charge in [0, 0.05) is 0 Å². The van der Waals surface area contributed by atoms with Crippen molar-refractivity contribution in [2.75, 3.05) is 6.86 Å². The lowest BCUT2D eigenvalue weighted by Crippen LogP contribution is -2.06. The van der Waals surface area contributed by atoms with Gasteiger partial charge in [0.1, 0.15) is 0 Å². The molecule has 0 heterocycles. The quantitative estimate of drug-likeness (QED) is 0.703. The van der Waals surface area contributed by atoms with Crippen molar-refractivity contribution in [2.45, 2.75) is 11.8 Å². The summed E-state index contributed by atoms with van der Waals surface area (Å²) in [6, 6.07) is 6.25. The Morgan fingerprint density at radius 3 is 2.54 bits per heavy atom. The Morgan fingerprint density at radius 2 is 2.00 bits per heavy atom. The van der Waals surface area contributed by atoms with E-state index < -0.39 is 17.0 Å². The molecule has 1 aromatic rings. The van der Waals surface area contributed by atoms with Crippen molar-refractivity contribution in [3.63, 3.8) is 0 Å². The minimum atomic E-state index is -3.92. The van der Waals surface area contributed by atoms with Gasteiger partial charge in [0.25, 0.3) is 10.1 Å². The predicted octanol–water partition coefficient (Wildman–Crippen LogP) is 1.63. The maximum absolute atomic E-state index is 11.7. The lowest BCUT2D eigenvalue weighted by molar-refractivity contribution is 0.198. The van der Waals surface area contributed by atoms with Gasteiger partial charge in [-0.1, -0.05) is 18.2 Å². The van der Waals surface area contributed by atoms with Crippen molar-refractivity contribution >= 4 is 10.1 Å². The fraction of sp³-hybridized carbons (Fsp3) is 0.250. The molecule has 3 nitrogen and oxygen atoms in total. The van der Waals surface area contributed by atoms with E-state index in [2.05, 4.69) is 4.18 Å². The number of aryl methyl sites for hydroxylation is 1. The third-order valence-corrected chi connectivity index (χ3v) is 2.96. The molecule has 13 heavy (non-hydrogen) atoms. The first-order chi connectivity index (χ1) is 6.08. The Kier molecular flexibility index (Phi) is 3.00. The molecule has 0 spiro atoms. The summed E-state index contributed by atoms with van der Waals surface area (Å²) in [4.78, 5) is 0.00708. The molecular weight excluding hydrogens is 195 g/mol. The van der Waals surface area contributed by atoms with E-state index in [0.717, 1.165) is 0 Å². The monoisotopic (exact) mass is 204 g/mol. The highest BCUT2D eigenvalue weighted by Crippen LogP contribution is 2.16. The summed E-state index contributed by atoms with van der Waals surface area (Å²) >= 11 is 0. The molecule has 0 N–H and O–H groups in total. The largest absolute Gasteiger partial charge is 0.299 e. The minimum Gasteiger partial charge on any atom is -0.232 e. The molecule has 1 aromatic carbocycles. The molecule has 0 atom stereocenters. The minimum absolute atomic E-state index is 0.00708. The second-order valence-corrected chi connectivity index (χ2v) is 4.03. The van der Waals surface area contributed by atoms with E-state index in [0.29, 0.717) is 5.56 Å². The number of alkyl halides is 1. The second kappa shape index (κ2) is 3.85. The van der Waals surface area contributed by atoms with Gasteiger partial charge in [-0.3, -0.25) is 0 Å². The highest BCUT2D eigenvalue weighted by atomic mass is 32.2. The van der Waals surface area contributed by atoms with Crippen molar-refractivity contribution < 1.29 is 17.0 Å². The van der Waals surface area contributed by atoms with E-state index in [-0.39, 0.29) is 4.90 Å². The molecule has 0 bridgehead atoms. The fourth-order valence-corrected chi connectivity index (χ4v) is 1.91. The summed E-state index contributed by atoms with van der Waals surface area (Å²) in [6.07, 6.45) is 0. The van der Waals surface area contributed by atoms with Gasteiger partial charge in [-0.05, 0) is 18.6 Å². The average Bonchev–Trinajstić information content (AvgIpc) is 2.04. The van der Waals surface area contributed by atoms with Crippen LogP contribution in [0.4, 0.5) is 4.39 Å². The van der Waals surface area contributed by atoms with Gasteiger partial charge >= 0.3 is 0 Å². The zero-order valence-corrected chi connectivity index (χ0v) is 7.84. The molecule has 0 aliphatic rings. The Balaban J connectivity index is 3.15. The maximum Gasteiger partial charge on any atom is 0.299 e. The van der Waals surface area contributed by atoms with Gasteiger partial charge in [0.05, 0.1) is 4.90 Å². The van der Waals surface area contributed by atoms with Crippen molar-refractivity contribution in [2.24, 2.45) is 0 Å². The second-order valence-electron chi connectivity index (χ2n) is 2.45. The van der Waals surface area contributed by atoms with Crippen LogP contribution in [0.3, 0.4) is 0 Å². The summed E-state index contributed by atoms with van der Waals surface area (Å²) < 4.78 is 38.1. The van der Waals surface area contributed by atoms with Crippen LogP contribution in [0.25, 0.3) is 0 Å². The van der Waals surface area contributed by atoms with Crippen LogP contribution in [0.2, 0.25) is 0 Å². The first-order valence-corrected chi connectivity index (χ1v) is 5.00. The van der Waals surface area contributed by atoms with Crippen LogP contribution >= 0.6 is 0 Å². The van der Waals surface area contributed by atoms with E-state index >= 15 is 0 Å². The highest BCUT2D eigenvalue weighted by Gasteiger charge is 2.16. The molecule has 0 amide bonds. The molecule has 0 saturated carbocycles. The normalized spacial score (nSPS) is 11.5. The Morgan fingerprint density at radius 1 is 1.38 bits per heavy atom. The van der Waals surface area contributed by atoms with Gasteiger partial charge in [-0.15, -0.1) is 0 Å². The average molecular weight is 204 g/mol. The maximum atomic E-state index is 11.7. The fourth-order valence-electron chi connectivity index (χ4n) is 0.959. The third-order valence-electron chi connectivity index (χ3n) is 1.56. The Hall–Kier alpha value is -0.940. The number of halogens is 1. The molecule has 0 aliphatic heterocycles. The summed E-state index contributed by atoms with van der Waals surface area (Å²) in [6.45, 7) is 0.283. The molecule has 5 heteroatoms. The smallest absolute Gasteiger partial charge is 0.232 e. The molecule has 0 fully saturated rings. The number of benzene rings is 1. The molecule has 0 aliphatic carbocycles. The van der Waals surface area contributed by atoms with E-state index in [4.69, 9.17) is 0 Å². The zero-order valence-electron chi connectivity index (χ0n) is 7.03. The Labute approximate surface area is 76.3 Å². The van der Waals surface area contributed by atoms with Gasteiger partial charge in [0.2, 0.25) is 6.86 Å². The third kappa shape index (κ3) is 2.26. The van der Waals surface area contributed by atoms with Gasteiger partial charge < -0.3 is 0 Å². The summed E-state index contributed by atoms with van der Waals surface area (Å²) in [7, 11) is -3.92. The van der Waals surface area contributed by atoms with Crippen LogP contribution in [-0.4, -0.2) is 15.3 Å². The van der Waals surface area contributed by atoms with Crippen LogP contribution in [0.1, 0.15) is 5.56 Å². The lowest BCUT2D eigenvalue weighted by atomic mass is 10.2. The van der Waals surface area contributed by atoms with Crippen LogP contribution in [-0.2, 0) is 14.3 Å². The van der Waals surface area contributed by atoms with Crippen molar-refractivity contribution in [1.29, 1.82) is 0 Å². The van der Waals surface area contributed by atoms with E-state index in [1.807, 2.05) is 0 Å².